The maximum absolute atomic E-state index is 13.9. The van der Waals surface area contributed by atoms with Crippen LogP contribution in [0.15, 0.2) is 53.1 Å². The minimum absolute atomic E-state index is 0.0113. The minimum Gasteiger partial charge on any atom is -0.507 e. The number of aromatic hydroxyl groups is 1. The van der Waals surface area contributed by atoms with Gasteiger partial charge in [-0.1, -0.05) is 67.0 Å². The number of methoxy groups -OCH3 is 1. The van der Waals surface area contributed by atoms with Crippen molar-refractivity contribution in [1.29, 1.82) is 0 Å². The number of ether oxygens (including phenoxy) is 4. The number of carbonyl (C=O) groups is 4. The number of esters is 1. The van der Waals surface area contributed by atoms with Crippen LogP contribution in [0.2, 0.25) is 0 Å². The average molecular weight is 818 g/mol. The summed E-state index contributed by atoms with van der Waals surface area (Å²) in [7, 11) is 1.46. The SMILES string of the molecule is CO[C@H]1/C=C/O[C@@]2(C)Oc3c(C)c(O)c4c(c3/C2=N/OCCBr)C(=O)C=C(NC(=O)/C(C)=C\C=C\[C@H](C)[C@H](O)[C@@H](C)[C@@H](O)[C@@H](C)[C@H](OC(C)=O)[C@@H]1C)C4=O. The van der Waals surface area contributed by atoms with Crippen LogP contribution in [0.1, 0.15) is 80.3 Å². The number of amides is 1. The Labute approximate surface area is 323 Å². The lowest BCUT2D eigenvalue weighted by Crippen LogP contribution is -2.46. The van der Waals surface area contributed by atoms with Gasteiger partial charge >= 0.3 is 5.97 Å². The van der Waals surface area contributed by atoms with Gasteiger partial charge in [0.25, 0.3) is 11.7 Å². The molecule has 3 aliphatic heterocycles. The number of ketones is 2. The van der Waals surface area contributed by atoms with Gasteiger partial charge in [0.2, 0.25) is 5.78 Å². The first-order chi connectivity index (χ1) is 25.4. The maximum Gasteiger partial charge on any atom is 0.302 e. The van der Waals surface area contributed by atoms with Gasteiger partial charge in [0.05, 0.1) is 47.0 Å². The van der Waals surface area contributed by atoms with Crippen LogP contribution in [-0.4, -0.2) is 93.7 Å². The molecule has 1 aromatic carbocycles. The quantitative estimate of drug-likeness (QED) is 0.140. The highest BCUT2D eigenvalue weighted by atomic mass is 79.9. The van der Waals surface area contributed by atoms with E-state index >= 15 is 0 Å². The Bertz CT molecular complexity index is 1820. The lowest BCUT2D eigenvalue weighted by Gasteiger charge is -2.38. The zero-order valence-electron chi connectivity index (χ0n) is 31.8. The van der Waals surface area contributed by atoms with Crippen molar-refractivity contribution in [2.75, 3.05) is 19.0 Å². The van der Waals surface area contributed by atoms with Crippen LogP contribution >= 0.6 is 15.9 Å². The molecule has 15 heteroatoms. The molecule has 1 aromatic rings. The fourth-order valence-corrected chi connectivity index (χ4v) is 7.05. The summed E-state index contributed by atoms with van der Waals surface area (Å²) in [6.07, 6.45) is 4.74. The molecule has 5 rings (SSSR count). The zero-order chi connectivity index (χ0) is 40.2. The summed E-state index contributed by atoms with van der Waals surface area (Å²) in [5.41, 5.74) is -0.562. The molecule has 0 aromatic heterocycles. The standard InChI is InChI=1S/C39H49BrN2O12/c1-18-11-10-12-19(2)38(49)41-25-17-26(44)28-29(34(25)48)33(47)23(6)36-30(28)37(42-52-16-14-40)39(8,54-36)51-15-13-27(50-9)20(3)35(53-24(7)43)22(5)32(46)21(4)31(18)45/h10-13,15,17-18,20-22,27,31-32,35,45-47H,14,16H2,1-9H3,(H,41,49)/b11-10+,15-13+,19-12-,42-37-/t18-,20+,21+,22+,27-,31-,32+,35+,39-/m0/s1. The molecule has 0 saturated carbocycles. The third kappa shape index (κ3) is 8.49. The highest BCUT2D eigenvalue weighted by Crippen LogP contribution is 2.48. The fourth-order valence-electron chi connectivity index (χ4n) is 6.91. The maximum atomic E-state index is 13.9. The molecule has 0 fully saturated rings. The van der Waals surface area contributed by atoms with Gasteiger partial charge in [-0.3, -0.25) is 19.2 Å². The van der Waals surface area contributed by atoms with E-state index in [-0.39, 0.29) is 51.6 Å². The first-order valence-electron chi connectivity index (χ1n) is 17.6. The molecule has 0 radical (unpaired) electrons. The largest absolute Gasteiger partial charge is 0.507 e. The molecule has 4 aliphatic rings. The lowest BCUT2D eigenvalue weighted by atomic mass is 9.78. The number of halogens is 1. The number of benzene rings is 1. The van der Waals surface area contributed by atoms with Gasteiger partial charge in [-0.2, -0.15) is 0 Å². The highest BCUT2D eigenvalue weighted by Gasteiger charge is 2.51. The van der Waals surface area contributed by atoms with Crippen LogP contribution in [0.5, 0.6) is 11.5 Å². The van der Waals surface area contributed by atoms with Crippen molar-refractivity contribution in [3.8, 4) is 11.5 Å². The Kier molecular flexibility index (Phi) is 13.7. The number of fused-ring (bicyclic) bond motifs is 14. The van der Waals surface area contributed by atoms with Crippen molar-refractivity contribution >= 4 is 45.1 Å². The molecule has 0 saturated heterocycles. The van der Waals surface area contributed by atoms with E-state index < -0.39 is 83.1 Å². The number of aliphatic hydroxyl groups excluding tert-OH is 2. The number of aliphatic hydroxyl groups is 2. The molecule has 54 heavy (non-hydrogen) atoms. The normalized spacial score (nSPS) is 33.5. The number of alkyl halides is 1. The van der Waals surface area contributed by atoms with Crippen LogP contribution in [0, 0.1) is 30.6 Å². The van der Waals surface area contributed by atoms with Crippen LogP contribution in [0.4, 0.5) is 0 Å². The first-order valence-corrected chi connectivity index (χ1v) is 18.7. The van der Waals surface area contributed by atoms with Gasteiger partial charge in [-0.05, 0) is 19.9 Å². The molecule has 0 unspecified atom stereocenters. The fraction of sp³-hybridized carbons (Fsp3) is 0.513. The van der Waals surface area contributed by atoms with E-state index in [9.17, 15) is 34.5 Å². The summed E-state index contributed by atoms with van der Waals surface area (Å²) >= 11 is 3.29. The van der Waals surface area contributed by atoms with Gasteiger partial charge < -0.3 is 44.4 Å². The number of oxime groups is 1. The third-order valence-corrected chi connectivity index (χ3v) is 10.5. The number of carbonyl (C=O) groups excluding carboxylic acids is 4. The summed E-state index contributed by atoms with van der Waals surface area (Å²) in [6.45, 7) is 12.8. The highest BCUT2D eigenvalue weighted by molar-refractivity contribution is 9.09. The number of nitrogens with one attached hydrogen (secondary N) is 1. The van der Waals surface area contributed by atoms with E-state index in [2.05, 4.69) is 26.4 Å². The number of phenolic OH excluding ortho intramolecular Hbond substituents is 1. The Morgan fingerprint density at radius 2 is 1.70 bits per heavy atom. The minimum atomic E-state index is -1.77. The Hall–Kier alpha value is -4.31. The summed E-state index contributed by atoms with van der Waals surface area (Å²) in [6, 6.07) is 0. The van der Waals surface area contributed by atoms with Crippen molar-refractivity contribution in [3.05, 3.63) is 70.2 Å². The number of rotatable bonds is 5. The van der Waals surface area contributed by atoms with Crippen molar-refractivity contribution in [2.45, 2.75) is 85.6 Å². The number of allylic oxidation sites excluding steroid dienone is 4. The summed E-state index contributed by atoms with van der Waals surface area (Å²) < 4.78 is 24.0. The predicted octanol–water partition coefficient (Wildman–Crippen LogP) is 4.56. The molecule has 0 spiro atoms. The molecule has 5 bridgehead atoms. The first kappa shape index (κ1) is 42.4. The van der Waals surface area contributed by atoms with E-state index in [1.807, 2.05) is 0 Å². The number of hydrogen-bond donors (Lipinski definition) is 4. The predicted molar refractivity (Wildman–Crippen MR) is 201 cm³/mol. The van der Waals surface area contributed by atoms with Gasteiger partial charge in [0.15, 0.2) is 11.5 Å². The van der Waals surface area contributed by atoms with Crippen molar-refractivity contribution < 1.29 is 58.3 Å². The molecule has 3 heterocycles. The number of phenols is 1. The van der Waals surface area contributed by atoms with Gasteiger partial charge in [-0.15, -0.1) is 0 Å². The van der Waals surface area contributed by atoms with Crippen LogP contribution < -0.4 is 10.1 Å². The molecule has 294 valence electrons. The summed E-state index contributed by atoms with van der Waals surface area (Å²) in [4.78, 5) is 58.8. The van der Waals surface area contributed by atoms with Crippen LogP contribution in [-0.2, 0) is 28.6 Å². The summed E-state index contributed by atoms with van der Waals surface area (Å²) in [5.74, 6) is -7.44. The van der Waals surface area contributed by atoms with Crippen LogP contribution in [0.3, 0.4) is 0 Å². The van der Waals surface area contributed by atoms with Crippen molar-refractivity contribution in [3.63, 3.8) is 0 Å². The van der Waals surface area contributed by atoms with Crippen LogP contribution in [0.25, 0.3) is 0 Å². The lowest BCUT2D eigenvalue weighted by molar-refractivity contribution is -0.160. The van der Waals surface area contributed by atoms with E-state index in [0.717, 1.165) is 6.08 Å². The third-order valence-electron chi connectivity index (χ3n) is 10.2. The van der Waals surface area contributed by atoms with E-state index in [1.54, 1.807) is 45.9 Å². The topological polar surface area (TPSA) is 200 Å². The second-order valence-corrected chi connectivity index (χ2v) is 14.8. The molecule has 9 atom stereocenters. The molecule has 1 aliphatic carbocycles. The number of nitrogens with zero attached hydrogens (tertiary/aromatic N) is 1. The number of hydrogen-bond acceptors (Lipinski definition) is 13. The summed E-state index contributed by atoms with van der Waals surface area (Å²) in [5, 5.41) is 41.2. The molecule has 14 nitrogen and oxygen atoms in total. The second-order valence-electron chi connectivity index (χ2n) is 14.0. The van der Waals surface area contributed by atoms with Gasteiger partial charge in [0, 0.05) is 67.2 Å². The Morgan fingerprint density at radius 1 is 1.02 bits per heavy atom. The van der Waals surface area contributed by atoms with Gasteiger partial charge in [-0.25, -0.2) is 0 Å². The Morgan fingerprint density at radius 3 is 2.33 bits per heavy atom. The smallest absolute Gasteiger partial charge is 0.302 e. The van der Waals surface area contributed by atoms with E-state index in [0.29, 0.717) is 5.33 Å². The Balaban J connectivity index is 1.90. The molecule has 1 amide bonds. The average Bonchev–Trinajstić information content (AvgIpc) is 3.42. The van der Waals surface area contributed by atoms with Gasteiger partial charge in [0.1, 0.15) is 24.2 Å². The zero-order valence-corrected chi connectivity index (χ0v) is 33.4. The van der Waals surface area contributed by atoms with E-state index in [1.165, 1.54) is 47.1 Å². The van der Waals surface area contributed by atoms with E-state index in [4.69, 9.17) is 23.8 Å². The monoisotopic (exact) mass is 816 g/mol. The van der Waals surface area contributed by atoms with Crippen molar-refractivity contribution in [2.24, 2.45) is 28.8 Å². The molecular formula is C39H49BrN2O12. The second kappa shape index (κ2) is 17.4. The molecule has 4 N–H and O–H groups in total. The molecular weight excluding hydrogens is 768 g/mol. The van der Waals surface area contributed by atoms with Crippen molar-refractivity contribution in [1.82, 2.24) is 5.32 Å². The number of Topliss-reactive ketones (excluding diaryl/α,β-unsaturated/α-hetero) is 1.